The van der Waals surface area contributed by atoms with Crippen molar-refractivity contribution in [3.63, 3.8) is 0 Å². The normalized spacial score (nSPS) is 19.1. The van der Waals surface area contributed by atoms with Crippen LogP contribution in [0, 0.1) is 0 Å². The Morgan fingerprint density at radius 1 is 1.33 bits per heavy atom. The zero-order chi connectivity index (χ0) is 18.6. The second-order valence-electron chi connectivity index (χ2n) is 6.49. The van der Waals surface area contributed by atoms with E-state index in [2.05, 4.69) is 21.9 Å². The maximum Gasteiger partial charge on any atom is 0.187 e. The number of thioether (sulfide) groups is 1. The highest BCUT2D eigenvalue weighted by atomic mass is 32.2. The van der Waals surface area contributed by atoms with Crippen molar-refractivity contribution >= 4 is 22.7 Å². The molecule has 0 saturated carbocycles. The molecule has 0 amide bonds. The minimum atomic E-state index is -0.347. The van der Waals surface area contributed by atoms with Crippen molar-refractivity contribution in [3.05, 3.63) is 59.2 Å². The standard InChI is InChI=1S/C19H22N4O2S.CH4/c1-19(6-8-26-18(20)23-19)14-4-2-3-13(9-14)10-17(25)16-12-21-15(5-7-24)11-22-16;/h2-4,9,11-12,24H,5-8,10H2,1H3,(H2,20,23);1H4/t19-;/m0./s1. The first-order chi connectivity index (χ1) is 12.5. The van der Waals surface area contributed by atoms with Crippen LogP contribution in [-0.2, 0) is 18.4 Å². The lowest BCUT2D eigenvalue weighted by molar-refractivity contribution is 0.0987. The number of carbonyl (C=O) groups is 1. The lowest BCUT2D eigenvalue weighted by Crippen LogP contribution is -2.28. The van der Waals surface area contributed by atoms with Gasteiger partial charge in [0.15, 0.2) is 11.0 Å². The molecule has 1 aliphatic rings. The number of hydrogen-bond acceptors (Lipinski definition) is 7. The molecule has 0 fully saturated rings. The number of benzene rings is 1. The van der Waals surface area contributed by atoms with E-state index in [4.69, 9.17) is 10.8 Å². The number of nitrogens with two attached hydrogens (primary N) is 1. The summed E-state index contributed by atoms with van der Waals surface area (Å²) in [4.78, 5) is 25.4. The fraction of sp³-hybridized carbons (Fsp3) is 0.400. The lowest BCUT2D eigenvalue weighted by Gasteiger charge is -2.30. The highest BCUT2D eigenvalue weighted by Gasteiger charge is 2.29. The SMILES string of the molecule is C.C[C@@]1(c2cccc(CC(=O)c3cnc(CCO)cn3)c2)CCSC(N)=N1. The van der Waals surface area contributed by atoms with E-state index in [1.807, 2.05) is 24.3 Å². The number of rotatable bonds is 6. The molecule has 0 spiro atoms. The fourth-order valence-corrected chi connectivity index (χ4v) is 3.90. The summed E-state index contributed by atoms with van der Waals surface area (Å²) in [7, 11) is 0. The lowest BCUT2D eigenvalue weighted by atomic mass is 9.88. The Balaban J connectivity index is 0.00000261. The molecule has 1 atom stereocenters. The number of hydrogen-bond donors (Lipinski definition) is 2. The summed E-state index contributed by atoms with van der Waals surface area (Å²) >= 11 is 1.57. The molecule has 2 aromatic rings. The number of nitrogens with zero attached hydrogens (tertiary/aromatic N) is 3. The number of carbonyl (C=O) groups excluding carboxylic acids is 1. The van der Waals surface area contributed by atoms with Gasteiger partial charge in [-0.25, -0.2) is 4.98 Å². The number of amidine groups is 1. The van der Waals surface area contributed by atoms with Gasteiger partial charge in [-0.05, 0) is 24.5 Å². The quantitative estimate of drug-likeness (QED) is 0.740. The van der Waals surface area contributed by atoms with Crippen LogP contribution in [-0.4, -0.2) is 38.4 Å². The maximum absolute atomic E-state index is 12.5. The summed E-state index contributed by atoms with van der Waals surface area (Å²) in [6.45, 7) is 2.09. The van der Waals surface area contributed by atoms with Crippen LogP contribution in [0.25, 0.3) is 0 Å². The van der Waals surface area contributed by atoms with Crippen molar-refractivity contribution in [2.75, 3.05) is 12.4 Å². The monoisotopic (exact) mass is 386 g/mol. The van der Waals surface area contributed by atoms with Crippen molar-refractivity contribution in [3.8, 4) is 0 Å². The molecule has 0 aliphatic carbocycles. The van der Waals surface area contributed by atoms with Gasteiger partial charge in [-0.15, -0.1) is 0 Å². The second-order valence-corrected chi connectivity index (χ2v) is 7.60. The molecule has 144 valence electrons. The minimum Gasteiger partial charge on any atom is -0.396 e. The number of aliphatic hydroxyl groups is 1. The Hall–Kier alpha value is -2.25. The van der Waals surface area contributed by atoms with Crippen molar-refractivity contribution in [1.29, 1.82) is 0 Å². The summed E-state index contributed by atoms with van der Waals surface area (Å²) in [6, 6.07) is 7.94. The van der Waals surface area contributed by atoms with Crippen LogP contribution in [0.3, 0.4) is 0 Å². The Morgan fingerprint density at radius 3 is 2.81 bits per heavy atom. The molecule has 1 aromatic carbocycles. The second kappa shape index (κ2) is 9.10. The molecular weight excluding hydrogens is 360 g/mol. The number of aromatic nitrogens is 2. The van der Waals surface area contributed by atoms with Gasteiger partial charge in [-0.2, -0.15) is 0 Å². The molecule has 7 heteroatoms. The Bertz CT molecular complexity index is 823. The van der Waals surface area contributed by atoms with Crippen LogP contribution in [0.1, 0.15) is 48.1 Å². The van der Waals surface area contributed by atoms with E-state index in [0.717, 1.165) is 23.3 Å². The van der Waals surface area contributed by atoms with Gasteiger partial charge in [0.25, 0.3) is 0 Å². The van der Waals surface area contributed by atoms with Gasteiger partial charge in [0.2, 0.25) is 0 Å². The Labute approximate surface area is 164 Å². The molecular formula is C20H26N4O2S. The van der Waals surface area contributed by atoms with E-state index in [9.17, 15) is 4.79 Å². The largest absolute Gasteiger partial charge is 0.396 e. The smallest absolute Gasteiger partial charge is 0.187 e. The zero-order valence-corrected chi connectivity index (χ0v) is 15.5. The predicted octanol–water partition coefficient (Wildman–Crippen LogP) is 2.74. The first-order valence-corrected chi connectivity index (χ1v) is 9.51. The molecule has 3 rings (SSSR count). The molecule has 0 saturated heterocycles. The van der Waals surface area contributed by atoms with E-state index in [0.29, 0.717) is 23.0 Å². The van der Waals surface area contributed by atoms with E-state index in [1.165, 1.54) is 12.4 Å². The summed E-state index contributed by atoms with van der Waals surface area (Å²) in [5.74, 6) is 0.850. The van der Waals surface area contributed by atoms with E-state index < -0.39 is 0 Å². The Kier molecular flexibility index (Phi) is 7.10. The number of ketones is 1. The van der Waals surface area contributed by atoms with Gasteiger partial charge >= 0.3 is 0 Å². The highest BCUT2D eigenvalue weighted by molar-refractivity contribution is 8.13. The van der Waals surface area contributed by atoms with Gasteiger partial charge in [0.1, 0.15) is 5.69 Å². The van der Waals surface area contributed by atoms with Crippen molar-refractivity contribution < 1.29 is 9.90 Å². The van der Waals surface area contributed by atoms with Crippen LogP contribution in [0.2, 0.25) is 0 Å². The van der Waals surface area contributed by atoms with Crippen molar-refractivity contribution in [1.82, 2.24) is 9.97 Å². The molecule has 6 nitrogen and oxygen atoms in total. The number of Topliss-reactive ketones (excluding diaryl/α,β-unsaturated/α-hetero) is 1. The third-order valence-corrected chi connectivity index (χ3v) is 5.26. The highest BCUT2D eigenvalue weighted by Crippen LogP contribution is 2.35. The van der Waals surface area contributed by atoms with Crippen LogP contribution in [0.4, 0.5) is 0 Å². The fourth-order valence-electron chi connectivity index (χ4n) is 2.93. The molecule has 0 bridgehead atoms. The van der Waals surface area contributed by atoms with Crippen LogP contribution < -0.4 is 5.73 Å². The minimum absolute atomic E-state index is 0. The van der Waals surface area contributed by atoms with E-state index in [1.54, 1.807) is 11.8 Å². The van der Waals surface area contributed by atoms with Gasteiger partial charge in [-0.1, -0.05) is 43.5 Å². The first kappa shape index (κ1) is 21.1. The van der Waals surface area contributed by atoms with Crippen molar-refractivity contribution in [2.24, 2.45) is 10.7 Å². The average molecular weight is 387 g/mol. The van der Waals surface area contributed by atoms with Gasteiger partial charge in [0, 0.05) is 31.4 Å². The third-order valence-electron chi connectivity index (χ3n) is 4.47. The summed E-state index contributed by atoms with van der Waals surface area (Å²) in [5.41, 5.74) is 8.54. The van der Waals surface area contributed by atoms with Crippen LogP contribution in [0.5, 0.6) is 0 Å². The average Bonchev–Trinajstić information content (AvgIpc) is 2.63. The number of aliphatic hydroxyl groups excluding tert-OH is 1. The molecule has 1 aliphatic heterocycles. The number of aliphatic imine (C=N–C) groups is 1. The summed E-state index contributed by atoms with van der Waals surface area (Å²) in [5, 5.41) is 9.52. The molecule has 27 heavy (non-hydrogen) atoms. The predicted molar refractivity (Wildman–Crippen MR) is 110 cm³/mol. The van der Waals surface area contributed by atoms with Crippen LogP contribution >= 0.6 is 11.8 Å². The van der Waals surface area contributed by atoms with Gasteiger partial charge in [-0.3, -0.25) is 14.8 Å². The molecule has 2 heterocycles. The van der Waals surface area contributed by atoms with Crippen molar-refractivity contribution in [2.45, 2.75) is 39.2 Å². The van der Waals surface area contributed by atoms with E-state index >= 15 is 0 Å². The summed E-state index contributed by atoms with van der Waals surface area (Å²) < 4.78 is 0. The molecule has 1 aromatic heterocycles. The van der Waals surface area contributed by atoms with Gasteiger partial charge < -0.3 is 10.8 Å². The van der Waals surface area contributed by atoms with Crippen LogP contribution in [0.15, 0.2) is 41.7 Å². The first-order valence-electron chi connectivity index (χ1n) is 8.53. The zero-order valence-electron chi connectivity index (χ0n) is 14.7. The maximum atomic E-state index is 12.5. The third kappa shape index (κ3) is 5.14. The summed E-state index contributed by atoms with van der Waals surface area (Å²) in [6.07, 6.45) is 4.61. The Morgan fingerprint density at radius 2 is 2.15 bits per heavy atom. The molecule has 0 radical (unpaired) electrons. The topological polar surface area (TPSA) is 101 Å². The van der Waals surface area contributed by atoms with E-state index in [-0.39, 0.29) is 31.8 Å². The molecule has 0 unspecified atom stereocenters. The molecule has 3 N–H and O–H groups in total. The van der Waals surface area contributed by atoms with Gasteiger partial charge in [0.05, 0.1) is 17.4 Å².